The molecule has 0 aliphatic carbocycles. The van der Waals surface area contributed by atoms with Crippen molar-refractivity contribution >= 4 is 5.78 Å². The number of methoxy groups -OCH3 is 1. The number of carbonyl (C=O) groups is 1. The van der Waals surface area contributed by atoms with Crippen LogP contribution in [-0.4, -0.2) is 24.3 Å². The van der Waals surface area contributed by atoms with Crippen molar-refractivity contribution < 1.29 is 9.53 Å². The van der Waals surface area contributed by atoms with Crippen molar-refractivity contribution in [2.45, 2.75) is 19.4 Å². The first-order chi connectivity index (χ1) is 11.3. The van der Waals surface area contributed by atoms with Gasteiger partial charge in [-0.05, 0) is 42.7 Å². The van der Waals surface area contributed by atoms with Crippen molar-refractivity contribution in [1.82, 2.24) is 4.90 Å². The molecule has 1 fully saturated rings. The Bertz CT molecular complexity index is 689. The summed E-state index contributed by atoms with van der Waals surface area (Å²) < 4.78 is 5.13. The van der Waals surface area contributed by atoms with E-state index in [4.69, 9.17) is 4.74 Å². The highest BCUT2D eigenvalue weighted by atomic mass is 16.5. The number of hydrogen-bond donors (Lipinski definition) is 0. The van der Waals surface area contributed by atoms with Crippen molar-refractivity contribution in [1.29, 1.82) is 0 Å². The summed E-state index contributed by atoms with van der Waals surface area (Å²) in [4.78, 5) is 14.8. The van der Waals surface area contributed by atoms with Crippen molar-refractivity contribution in [2.75, 3.05) is 13.7 Å². The number of ether oxygens (including phenoxy) is 1. The van der Waals surface area contributed by atoms with Gasteiger partial charge in [-0.1, -0.05) is 30.3 Å². The molecule has 1 aliphatic heterocycles. The van der Waals surface area contributed by atoms with E-state index in [1.165, 1.54) is 5.56 Å². The summed E-state index contributed by atoms with van der Waals surface area (Å²) in [6.07, 6.45) is 3.86. The predicted molar refractivity (Wildman–Crippen MR) is 91.5 cm³/mol. The quantitative estimate of drug-likeness (QED) is 0.616. The Morgan fingerprint density at radius 3 is 2.57 bits per heavy atom. The molecule has 0 aromatic heterocycles. The Hall–Kier alpha value is -2.55. The molecule has 118 valence electrons. The molecular formula is C20H21NO2. The summed E-state index contributed by atoms with van der Waals surface area (Å²) in [5, 5.41) is 0. The molecule has 0 radical (unpaired) electrons. The van der Waals surface area contributed by atoms with E-state index in [0.717, 1.165) is 37.4 Å². The fraction of sp³-hybridized carbons (Fsp3) is 0.250. The van der Waals surface area contributed by atoms with Crippen LogP contribution in [0.4, 0.5) is 0 Å². The van der Waals surface area contributed by atoms with Gasteiger partial charge in [-0.15, -0.1) is 0 Å². The number of hydrogen-bond acceptors (Lipinski definition) is 3. The van der Waals surface area contributed by atoms with Crippen LogP contribution in [0.25, 0.3) is 0 Å². The van der Waals surface area contributed by atoms with Gasteiger partial charge < -0.3 is 9.64 Å². The van der Waals surface area contributed by atoms with E-state index < -0.39 is 0 Å². The zero-order valence-corrected chi connectivity index (χ0v) is 13.4. The lowest BCUT2D eigenvalue weighted by Gasteiger charge is -2.20. The minimum Gasteiger partial charge on any atom is -0.497 e. The zero-order chi connectivity index (χ0) is 16.1. The van der Waals surface area contributed by atoms with E-state index in [2.05, 4.69) is 29.2 Å². The first-order valence-corrected chi connectivity index (χ1v) is 7.94. The molecule has 0 spiro atoms. The van der Waals surface area contributed by atoms with Gasteiger partial charge in [-0.25, -0.2) is 0 Å². The molecular weight excluding hydrogens is 286 g/mol. The van der Waals surface area contributed by atoms with Crippen LogP contribution in [0.5, 0.6) is 5.75 Å². The fourth-order valence-electron chi connectivity index (χ4n) is 2.89. The molecule has 0 unspecified atom stereocenters. The average molecular weight is 307 g/mol. The maximum absolute atomic E-state index is 12.5. The number of likely N-dealkylation sites (tertiary alicyclic amines) is 1. The molecule has 1 heterocycles. The van der Waals surface area contributed by atoms with E-state index in [1.54, 1.807) is 13.2 Å². The van der Waals surface area contributed by atoms with Gasteiger partial charge in [-0.3, -0.25) is 4.79 Å². The van der Waals surface area contributed by atoms with Gasteiger partial charge in [0.05, 0.1) is 7.11 Å². The standard InChI is InChI=1S/C20H21NO2/c1-23-19-11-9-17(10-12-19)20(22)14-18-8-5-13-21(18)15-16-6-3-2-4-7-16/h2-4,6-7,9-12,14H,5,8,13,15H2,1H3/b18-14+. The number of benzene rings is 2. The van der Waals surface area contributed by atoms with Crippen LogP contribution < -0.4 is 4.74 Å². The normalized spacial score (nSPS) is 15.9. The van der Waals surface area contributed by atoms with Crippen LogP contribution in [0.1, 0.15) is 28.8 Å². The Morgan fingerprint density at radius 2 is 1.87 bits per heavy atom. The number of ketones is 1. The number of rotatable bonds is 5. The molecule has 0 bridgehead atoms. The molecule has 0 atom stereocenters. The highest BCUT2D eigenvalue weighted by molar-refractivity contribution is 6.04. The summed E-state index contributed by atoms with van der Waals surface area (Å²) in [6.45, 7) is 1.87. The second-order valence-electron chi connectivity index (χ2n) is 5.74. The topological polar surface area (TPSA) is 29.5 Å². The number of nitrogens with zero attached hydrogens (tertiary/aromatic N) is 1. The summed E-state index contributed by atoms with van der Waals surface area (Å²) in [5.41, 5.74) is 3.11. The third kappa shape index (κ3) is 3.81. The van der Waals surface area contributed by atoms with E-state index in [9.17, 15) is 4.79 Å². The molecule has 2 aromatic rings. The Morgan fingerprint density at radius 1 is 1.13 bits per heavy atom. The van der Waals surface area contributed by atoms with Gasteiger partial charge in [0.25, 0.3) is 0 Å². The summed E-state index contributed by atoms with van der Waals surface area (Å²) in [5.74, 6) is 0.823. The maximum Gasteiger partial charge on any atom is 0.187 e. The number of carbonyl (C=O) groups excluding carboxylic acids is 1. The molecule has 1 saturated heterocycles. The molecule has 3 nitrogen and oxygen atoms in total. The molecule has 0 saturated carbocycles. The fourth-order valence-corrected chi connectivity index (χ4v) is 2.89. The highest BCUT2D eigenvalue weighted by Gasteiger charge is 2.18. The Labute approximate surface area is 137 Å². The first-order valence-electron chi connectivity index (χ1n) is 7.94. The van der Waals surface area contributed by atoms with Crippen molar-refractivity contribution in [3.05, 3.63) is 77.5 Å². The smallest absolute Gasteiger partial charge is 0.187 e. The second-order valence-corrected chi connectivity index (χ2v) is 5.74. The number of allylic oxidation sites excluding steroid dienone is 2. The maximum atomic E-state index is 12.5. The van der Waals surface area contributed by atoms with Gasteiger partial charge in [0.15, 0.2) is 5.78 Å². The molecule has 0 N–H and O–H groups in total. The zero-order valence-electron chi connectivity index (χ0n) is 13.4. The second kappa shape index (κ2) is 7.14. The molecule has 3 rings (SSSR count). The lowest BCUT2D eigenvalue weighted by molar-refractivity contribution is 0.104. The van der Waals surface area contributed by atoms with E-state index in [1.807, 2.05) is 30.3 Å². The molecule has 1 aliphatic rings. The average Bonchev–Trinajstić information content (AvgIpc) is 3.02. The van der Waals surface area contributed by atoms with Gasteiger partial charge in [0.1, 0.15) is 5.75 Å². The van der Waals surface area contributed by atoms with Gasteiger partial charge in [0, 0.05) is 30.4 Å². The van der Waals surface area contributed by atoms with Crippen molar-refractivity contribution in [3.8, 4) is 5.75 Å². The van der Waals surface area contributed by atoms with E-state index in [0.29, 0.717) is 5.56 Å². The minimum atomic E-state index is 0.0580. The summed E-state index contributed by atoms with van der Waals surface area (Å²) in [7, 11) is 1.62. The third-order valence-electron chi connectivity index (χ3n) is 4.16. The SMILES string of the molecule is COc1ccc(C(=O)/C=C2\CCCN2Cc2ccccc2)cc1. The van der Waals surface area contributed by atoms with Gasteiger partial charge in [-0.2, -0.15) is 0 Å². The minimum absolute atomic E-state index is 0.0580. The van der Waals surface area contributed by atoms with Crippen LogP contribution in [0, 0.1) is 0 Å². The lowest BCUT2D eigenvalue weighted by Crippen LogP contribution is -2.18. The Kier molecular flexibility index (Phi) is 4.77. The lowest BCUT2D eigenvalue weighted by atomic mass is 10.1. The van der Waals surface area contributed by atoms with Crippen LogP contribution in [-0.2, 0) is 6.54 Å². The van der Waals surface area contributed by atoms with Crippen LogP contribution >= 0.6 is 0 Å². The predicted octanol–water partition coefficient (Wildman–Crippen LogP) is 4.06. The molecule has 23 heavy (non-hydrogen) atoms. The van der Waals surface area contributed by atoms with Crippen LogP contribution in [0.3, 0.4) is 0 Å². The van der Waals surface area contributed by atoms with Crippen LogP contribution in [0.15, 0.2) is 66.4 Å². The summed E-state index contributed by atoms with van der Waals surface area (Å²) in [6, 6.07) is 17.7. The monoisotopic (exact) mass is 307 g/mol. The summed E-state index contributed by atoms with van der Waals surface area (Å²) >= 11 is 0. The molecule has 2 aromatic carbocycles. The van der Waals surface area contributed by atoms with Crippen LogP contribution in [0.2, 0.25) is 0 Å². The third-order valence-corrected chi connectivity index (χ3v) is 4.16. The van der Waals surface area contributed by atoms with Crippen molar-refractivity contribution in [3.63, 3.8) is 0 Å². The Balaban J connectivity index is 1.73. The van der Waals surface area contributed by atoms with E-state index >= 15 is 0 Å². The van der Waals surface area contributed by atoms with Gasteiger partial charge >= 0.3 is 0 Å². The van der Waals surface area contributed by atoms with Crippen molar-refractivity contribution in [2.24, 2.45) is 0 Å². The molecule has 3 heteroatoms. The van der Waals surface area contributed by atoms with E-state index in [-0.39, 0.29) is 5.78 Å². The highest BCUT2D eigenvalue weighted by Crippen LogP contribution is 2.24. The molecule has 0 amide bonds. The first kappa shape index (κ1) is 15.3. The van der Waals surface area contributed by atoms with Gasteiger partial charge in [0.2, 0.25) is 0 Å². The largest absolute Gasteiger partial charge is 0.497 e.